The molecule has 5 rings (SSSR count). The molecule has 3 aromatic rings. The van der Waals surface area contributed by atoms with Crippen molar-refractivity contribution in [3.8, 4) is 11.4 Å². The minimum atomic E-state index is 0.400. The third-order valence-corrected chi connectivity index (χ3v) is 7.67. The zero-order valence-corrected chi connectivity index (χ0v) is 20.9. The van der Waals surface area contributed by atoms with Gasteiger partial charge in [-0.3, -0.25) is 0 Å². The predicted molar refractivity (Wildman–Crippen MR) is 140 cm³/mol. The molecule has 2 N–H and O–H groups in total. The van der Waals surface area contributed by atoms with Crippen LogP contribution >= 0.6 is 11.6 Å². The molecule has 0 amide bonds. The predicted octanol–water partition coefficient (Wildman–Crippen LogP) is 5.04. The first-order valence-electron chi connectivity index (χ1n) is 12.4. The molecule has 8 heteroatoms. The quantitative estimate of drug-likeness (QED) is 0.491. The second-order valence-corrected chi connectivity index (χ2v) is 10.2. The lowest BCUT2D eigenvalue weighted by molar-refractivity contribution is 0.170. The lowest BCUT2D eigenvalue weighted by Crippen LogP contribution is -2.36. The average Bonchev–Trinajstić information content (AvgIpc) is 3.31. The van der Waals surface area contributed by atoms with Crippen LogP contribution in [-0.2, 0) is 4.74 Å². The van der Waals surface area contributed by atoms with Crippen molar-refractivity contribution in [2.45, 2.75) is 38.1 Å². The molecular formula is C26H35ClN6O. The highest BCUT2D eigenvalue weighted by Crippen LogP contribution is 2.33. The first kappa shape index (κ1) is 23.4. The van der Waals surface area contributed by atoms with Crippen LogP contribution < -0.4 is 10.2 Å². The second-order valence-electron chi connectivity index (χ2n) is 9.74. The molecule has 2 aromatic heterocycles. The SMILES string of the molecule is COCCC1CCN(c2ccc(-c3nc4c(NC5CCN(C)CC5)c(Cl)cnc4[nH]3)cc2)CC1. The molecule has 0 bridgehead atoms. The van der Waals surface area contributed by atoms with Gasteiger partial charge in [-0.2, -0.15) is 0 Å². The van der Waals surface area contributed by atoms with Crippen LogP contribution in [0.15, 0.2) is 30.5 Å². The third kappa shape index (κ3) is 5.16. The number of hydrogen-bond acceptors (Lipinski definition) is 6. The van der Waals surface area contributed by atoms with E-state index in [1.807, 2.05) is 0 Å². The molecule has 0 radical (unpaired) electrons. The van der Waals surface area contributed by atoms with E-state index < -0.39 is 0 Å². The van der Waals surface area contributed by atoms with Crippen molar-refractivity contribution in [1.29, 1.82) is 0 Å². The molecular weight excluding hydrogens is 448 g/mol. The zero-order valence-electron chi connectivity index (χ0n) is 20.2. The first-order valence-corrected chi connectivity index (χ1v) is 12.8. The molecule has 34 heavy (non-hydrogen) atoms. The Balaban J connectivity index is 1.30. The number of benzene rings is 1. The van der Waals surface area contributed by atoms with E-state index >= 15 is 0 Å². The number of piperidine rings is 2. The van der Waals surface area contributed by atoms with Crippen molar-refractivity contribution in [1.82, 2.24) is 19.9 Å². The van der Waals surface area contributed by atoms with Gasteiger partial charge in [-0.05, 0) is 82.4 Å². The molecule has 0 atom stereocenters. The summed E-state index contributed by atoms with van der Waals surface area (Å²) in [7, 11) is 3.96. The molecule has 182 valence electrons. The van der Waals surface area contributed by atoms with Gasteiger partial charge in [0.15, 0.2) is 5.65 Å². The summed E-state index contributed by atoms with van der Waals surface area (Å²) in [6, 6.07) is 9.11. The van der Waals surface area contributed by atoms with Gasteiger partial charge in [0.1, 0.15) is 11.3 Å². The lowest BCUT2D eigenvalue weighted by atomic mass is 9.93. The number of methoxy groups -OCH3 is 1. The van der Waals surface area contributed by atoms with Crippen LogP contribution in [0, 0.1) is 5.92 Å². The van der Waals surface area contributed by atoms with Crippen LogP contribution in [0.25, 0.3) is 22.6 Å². The second kappa shape index (κ2) is 10.5. The Morgan fingerprint density at radius 1 is 1.09 bits per heavy atom. The van der Waals surface area contributed by atoms with Gasteiger partial charge < -0.3 is 24.8 Å². The standard InChI is InChI=1S/C26H35ClN6O/c1-32-12-9-20(10-13-32)29-23-22(27)17-28-26-24(23)30-25(31-26)19-3-5-21(6-4-19)33-14-7-18(8-15-33)11-16-34-2/h3-6,17-18,20H,7-16H2,1-2H3,(H2,28,29,30,31). The van der Waals surface area contributed by atoms with E-state index in [9.17, 15) is 0 Å². The summed E-state index contributed by atoms with van der Waals surface area (Å²) in [6.45, 7) is 5.25. The fraction of sp³-hybridized carbons (Fsp3) is 0.538. The van der Waals surface area contributed by atoms with Crippen molar-refractivity contribution in [3.63, 3.8) is 0 Å². The molecule has 2 saturated heterocycles. The number of likely N-dealkylation sites (tertiary alicyclic amines) is 1. The number of aromatic amines is 1. The summed E-state index contributed by atoms with van der Waals surface area (Å²) >= 11 is 6.55. The van der Waals surface area contributed by atoms with E-state index in [1.54, 1.807) is 13.3 Å². The maximum absolute atomic E-state index is 6.55. The van der Waals surface area contributed by atoms with Crippen LogP contribution in [0.2, 0.25) is 5.02 Å². The van der Waals surface area contributed by atoms with Gasteiger partial charge in [-0.1, -0.05) is 11.6 Å². The van der Waals surface area contributed by atoms with Crippen molar-refractivity contribution in [3.05, 3.63) is 35.5 Å². The van der Waals surface area contributed by atoms with Crippen LogP contribution in [0.3, 0.4) is 0 Å². The Morgan fingerprint density at radius 3 is 2.53 bits per heavy atom. The number of fused-ring (bicyclic) bond motifs is 1. The molecule has 0 spiro atoms. The van der Waals surface area contributed by atoms with Crippen molar-refractivity contribution < 1.29 is 4.74 Å². The van der Waals surface area contributed by atoms with Gasteiger partial charge in [-0.15, -0.1) is 0 Å². The molecule has 7 nitrogen and oxygen atoms in total. The summed E-state index contributed by atoms with van der Waals surface area (Å²) < 4.78 is 5.25. The molecule has 4 heterocycles. The van der Waals surface area contributed by atoms with Crippen LogP contribution in [0.4, 0.5) is 11.4 Å². The monoisotopic (exact) mass is 482 g/mol. The topological polar surface area (TPSA) is 69.3 Å². The minimum Gasteiger partial charge on any atom is -0.385 e. The van der Waals surface area contributed by atoms with E-state index in [2.05, 4.69) is 56.4 Å². The van der Waals surface area contributed by atoms with Gasteiger partial charge in [0, 0.05) is 44.1 Å². The molecule has 2 fully saturated rings. The van der Waals surface area contributed by atoms with E-state index in [-0.39, 0.29) is 0 Å². The number of imidazole rings is 1. The van der Waals surface area contributed by atoms with Crippen molar-refractivity contribution in [2.24, 2.45) is 5.92 Å². The van der Waals surface area contributed by atoms with E-state index in [1.165, 1.54) is 24.9 Å². The van der Waals surface area contributed by atoms with E-state index in [4.69, 9.17) is 21.3 Å². The lowest BCUT2D eigenvalue weighted by Gasteiger charge is -2.33. The molecule has 1 aromatic carbocycles. The first-order chi connectivity index (χ1) is 16.6. The average molecular weight is 483 g/mol. The van der Waals surface area contributed by atoms with Crippen molar-refractivity contribution >= 4 is 34.1 Å². The maximum atomic E-state index is 6.55. The number of nitrogens with one attached hydrogen (secondary N) is 2. The molecule has 0 saturated carbocycles. The molecule has 0 unspecified atom stereocenters. The number of hydrogen-bond donors (Lipinski definition) is 2. The molecule has 2 aliphatic heterocycles. The molecule has 2 aliphatic rings. The smallest absolute Gasteiger partial charge is 0.159 e. The number of rotatable bonds is 7. The summed E-state index contributed by atoms with van der Waals surface area (Å²) in [5.41, 5.74) is 4.78. The fourth-order valence-corrected chi connectivity index (χ4v) is 5.35. The Hall–Kier alpha value is -2.35. The number of ether oxygens (including phenoxy) is 1. The summed E-state index contributed by atoms with van der Waals surface area (Å²) in [5, 5.41) is 4.27. The number of halogens is 1. The van der Waals surface area contributed by atoms with Gasteiger partial charge in [0.2, 0.25) is 0 Å². The minimum absolute atomic E-state index is 0.400. The summed E-state index contributed by atoms with van der Waals surface area (Å²) in [5.74, 6) is 1.60. The highest BCUT2D eigenvalue weighted by molar-refractivity contribution is 6.34. The summed E-state index contributed by atoms with van der Waals surface area (Å²) in [6.07, 6.45) is 7.53. The third-order valence-electron chi connectivity index (χ3n) is 7.39. The number of H-pyrrole nitrogens is 1. The van der Waals surface area contributed by atoms with E-state index in [0.29, 0.717) is 11.1 Å². The van der Waals surface area contributed by atoms with E-state index in [0.717, 1.165) is 79.8 Å². The normalized spacial score (nSPS) is 18.6. The number of pyridine rings is 1. The molecule has 0 aliphatic carbocycles. The van der Waals surface area contributed by atoms with Gasteiger partial charge in [-0.25, -0.2) is 9.97 Å². The van der Waals surface area contributed by atoms with Gasteiger partial charge in [0.05, 0.1) is 16.9 Å². The van der Waals surface area contributed by atoms with Crippen LogP contribution in [-0.4, -0.2) is 72.8 Å². The Kier molecular flexibility index (Phi) is 7.23. The number of aromatic nitrogens is 3. The Labute approximate surface area is 206 Å². The van der Waals surface area contributed by atoms with Crippen LogP contribution in [0.5, 0.6) is 0 Å². The fourth-order valence-electron chi connectivity index (χ4n) is 5.16. The largest absolute Gasteiger partial charge is 0.385 e. The zero-order chi connectivity index (χ0) is 23.5. The maximum Gasteiger partial charge on any atom is 0.159 e. The number of anilines is 2. The van der Waals surface area contributed by atoms with Crippen LogP contribution in [0.1, 0.15) is 32.1 Å². The Morgan fingerprint density at radius 2 is 1.82 bits per heavy atom. The van der Waals surface area contributed by atoms with Crippen molar-refractivity contribution in [2.75, 3.05) is 57.2 Å². The Bertz CT molecular complexity index is 1080. The summed E-state index contributed by atoms with van der Waals surface area (Å²) in [4.78, 5) is 17.6. The van der Waals surface area contributed by atoms with Gasteiger partial charge >= 0.3 is 0 Å². The highest BCUT2D eigenvalue weighted by atomic mass is 35.5. The highest BCUT2D eigenvalue weighted by Gasteiger charge is 2.21. The van der Waals surface area contributed by atoms with Gasteiger partial charge in [0.25, 0.3) is 0 Å². The number of nitrogens with zero attached hydrogens (tertiary/aromatic N) is 4.